The second-order valence-electron chi connectivity index (χ2n) is 4.68. The first-order valence-corrected chi connectivity index (χ1v) is 6.04. The quantitative estimate of drug-likeness (QED) is 0.795. The van der Waals surface area contributed by atoms with Gasteiger partial charge in [-0.3, -0.25) is 9.63 Å². The van der Waals surface area contributed by atoms with Crippen LogP contribution in [0.1, 0.15) is 41.5 Å². The van der Waals surface area contributed by atoms with Crippen LogP contribution in [0.4, 0.5) is 0 Å². The Morgan fingerprint density at radius 2 is 2.16 bits per heavy atom. The van der Waals surface area contributed by atoms with Crippen LogP contribution in [0.2, 0.25) is 0 Å². The number of hydrogen-bond donors (Lipinski definition) is 0. The Kier molecular flexibility index (Phi) is 3.53. The first kappa shape index (κ1) is 13.5. The predicted molar refractivity (Wildman–Crippen MR) is 69.7 cm³/mol. The zero-order valence-electron chi connectivity index (χ0n) is 11.7. The van der Waals surface area contributed by atoms with Crippen molar-refractivity contribution in [1.82, 2.24) is 15.2 Å². The van der Waals surface area contributed by atoms with Gasteiger partial charge in [-0.2, -0.15) is 0 Å². The molecule has 0 aliphatic heterocycles. The zero-order valence-corrected chi connectivity index (χ0v) is 11.7. The molecule has 0 saturated heterocycles. The molecule has 2 aromatic heterocycles. The van der Waals surface area contributed by atoms with Crippen molar-refractivity contribution in [3.05, 3.63) is 23.0 Å². The van der Waals surface area contributed by atoms with Crippen LogP contribution >= 0.6 is 0 Å². The number of carbonyl (C=O) groups excluding carboxylic acids is 1. The van der Waals surface area contributed by atoms with Crippen molar-refractivity contribution < 1.29 is 14.2 Å². The van der Waals surface area contributed by atoms with Gasteiger partial charge in [-0.1, -0.05) is 19.0 Å². The van der Waals surface area contributed by atoms with E-state index < -0.39 is 0 Å². The summed E-state index contributed by atoms with van der Waals surface area (Å²) in [5.41, 5.74) is 2.32. The van der Waals surface area contributed by atoms with E-state index in [2.05, 4.69) is 10.1 Å². The third-order valence-corrected chi connectivity index (χ3v) is 3.02. The maximum Gasteiger partial charge on any atom is 0.278 e. The molecule has 0 aromatic carbocycles. The van der Waals surface area contributed by atoms with Gasteiger partial charge in [-0.25, -0.2) is 10.0 Å². The van der Waals surface area contributed by atoms with E-state index in [1.165, 1.54) is 12.2 Å². The molecule has 2 heterocycles. The van der Waals surface area contributed by atoms with E-state index in [-0.39, 0.29) is 11.8 Å². The topological polar surface area (TPSA) is 68.5 Å². The Morgan fingerprint density at radius 3 is 2.74 bits per heavy atom. The Bertz CT molecular complexity index is 619. The second-order valence-corrected chi connectivity index (χ2v) is 4.68. The van der Waals surface area contributed by atoms with Gasteiger partial charge in [-0.05, 0) is 18.9 Å². The van der Waals surface area contributed by atoms with Crippen molar-refractivity contribution in [3.63, 3.8) is 0 Å². The summed E-state index contributed by atoms with van der Waals surface area (Å²) in [6, 6.07) is 1.77. The van der Waals surface area contributed by atoms with Gasteiger partial charge >= 0.3 is 0 Å². The summed E-state index contributed by atoms with van der Waals surface area (Å²) in [4.78, 5) is 21.6. The number of carbonyl (C=O) groups is 1. The van der Waals surface area contributed by atoms with Gasteiger partial charge in [0, 0.05) is 12.7 Å². The SMILES string of the molecule is CON(C)C(=O)c1cc(C(C)C)nc2onc(C)c12. The van der Waals surface area contributed by atoms with E-state index >= 15 is 0 Å². The molecule has 2 aromatic rings. The number of aromatic nitrogens is 2. The van der Waals surface area contributed by atoms with Crippen molar-refractivity contribution in [3.8, 4) is 0 Å². The smallest absolute Gasteiger partial charge is 0.278 e. The largest absolute Gasteiger partial charge is 0.336 e. The maximum atomic E-state index is 12.3. The first-order chi connectivity index (χ1) is 8.95. The molecule has 0 aliphatic carbocycles. The molecule has 102 valence electrons. The Labute approximate surface area is 111 Å². The van der Waals surface area contributed by atoms with Gasteiger partial charge in [0.25, 0.3) is 11.6 Å². The van der Waals surface area contributed by atoms with E-state index in [0.29, 0.717) is 22.4 Å². The molecule has 0 fully saturated rings. The molecule has 0 N–H and O–H groups in total. The Hall–Kier alpha value is -1.95. The fraction of sp³-hybridized carbons (Fsp3) is 0.462. The first-order valence-electron chi connectivity index (χ1n) is 6.04. The molecule has 0 atom stereocenters. The fourth-order valence-electron chi connectivity index (χ4n) is 1.83. The van der Waals surface area contributed by atoms with Gasteiger partial charge < -0.3 is 4.52 Å². The number of pyridine rings is 1. The van der Waals surface area contributed by atoms with Gasteiger partial charge in [0.15, 0.2) is 0 Å². The Balaban J connectivity index is 2.68. The van der Waals surface area contributed by atoms with Crippen molar-refractivity contribution in [2.45, 2.75) is 26.7 Å². The number of rotatable bonds is 3. The molecule has 6 heteroatoms. The fourth-order valence-corrected chi connectivity index (χ4v) is 1.83. The van der Waals surface area contributed by atoms with Crippen molar-refractivity contribution in [1.29, 1.82) is 0 Å². The van der Waals surface area contributed by atoms with Gasteiger partial charge in [0.05, 0.1) is 23.8 Å². The molecular weight excluding hydrogens is 246 g/mol. The highest BCUT2D eigenvalue weighted by atomic mass is 16.7. The van der Waals surface area contributed by atoms with Crippen LogP contribution in [0, 0.1) is 6.92 Å². The van der Waals surface area contributed by atoms with E-state index in [9.17, 15) is 4.79 Å². The number of fused-ring (bicyclic) bond motifs is 1. The average molecular weight is 263 g/mol. The molecule has 2 rings (SSSR count). The van der Waals surface area contributed by atoms with E-state index in [1.807, 2.05) is 13.8 Å². The van der Waals surface area contributed by atoms with Crippen LogP contribution in [-0.4, -0.2) is 35.3 Å². The lowest BCUT2D eigenvalue weighted by Crippen LogP contribution is -2.26. The van der Waals surface area contributed by atoms with E-state index in [0.717, 1.165) is 5.69 Å². The summed E-state index contributed by atoms with van der Waals surface area (Å²) in [7, 11) is 3.01. The molecule has 0 radical (unpaired) electrons. The highest BCUT2D eigenvalue weighted by Gasteiger charge is 2.22. The van der Waals surface area contributed by atoms with Crippen LogP contribution in [0.15, 0.2) is 10.6 Å². The van der Waals surface area contributed by atoms with Crippen molar-refractivity contribution >= 4 is 17.0 Å². The third kappa shape index (κ3) is 2.31. The van der Waals surface area contributed by atoms with Crippen molar-refractivity contribution in [2.24, 2.45) is 0 Å². The van der Waals surface area contributed by atoms with E-state index in [4.69, 9.17) is 9.36 Å². The zero-order chi connectivity index (χ0) is 14.2. The minimum absolute atomic E-state index is 0.189. The summed E-state index contributed by atoms with van der Waals surface area (Å²) < 4.78 is 5.17. The lowest BCUT2D eigenvalue weighted by atomic mass is 10.0. The molecule has 0 spiro atoms. The summed E-state index contributed by atoms with van der Waals surface area (Å²) in [6.45, 7) is 5.80. The maximum absolute atomic E-state index is 12.3. The van der Waals surface area contributed by atoms with Gasteiger partial charge in [0.2, 0.25) is 0 Å². The minimum atomic E-state index is -0.247. The van der Waals surface area contributed by atoms with Crippen molar-refractivity contribution in [2.75, 3.05) is 14.2 Å². The number of aryl methyl sites for hydroxylation is 1. The van der Waals surface area contributed by atoms with Crippen LogP contribution in [0.3, 0.4) is 0 Å². The summed E-state index contributed by atoms with van der Waals surface area (Å²) in [5, 5.41) is 5.68. The number of hydroxylamine groups is 2. The lowest BCUT2D eigenvalue weighted by Gasteiger charge is -2.15. The standard InChI is InChI=1S/C13H17N3O3/c1-7(2)10-6-9(13(17)16(4)18-5)11-8(3)15-19-12(11)14-10/h6-7H,1-5H3. The monoisotopic (exact) mass is 263 g/mol. The number of amides is 1. The third-order valence-electron chi connectivity index (χ3n) is 3.02. The van der Waals surface area contributed by atoms with Crippen LogP contribution in [-0.2, 0) is 4.84 Å². The predicted octanol–water partition coefficient (Wildman–Crippen LogP) is 2.29. The Morgan fingerprint density at radius 1 is 1.47 bits per heavy atom. The van der Waals surface area contributed by atoms with Gasteiger partial charge in [-0.15, -0.1) is 0 Å². The van der Waals surface area contributed by atoms with Crippen LogP contribution in [0.5, 0.6) is 0 Å². The summed E-state index contributed by atoms with van der Waals surface area (Å²) in [6.07, 6.45) is 0. The molecule has 1 amide bonds. The molecule has 0 aliphatic rings. The molecule has 0 saturated carbocycles. The molecule has 6 nitrogen and oxygen atoms in total. The number of nitrogens with zero attached hydrogens (tertiary/aromatic N) is 3. The highest BCUT2D eigenvalue weighted by Crippen LogP contribution is 2.25. The summed E-state index contributed by atoms with van der Waals surface area (Å²) >= 11 is 0. The average Bonchev–Trinajstić information content (AvgIpc) is 2.77. The number of hydrogen-bond acceptors (Lipinski definition) is 5. The second kappa shape index (κ2) is 4.97. The van der Waals surface area contributed by atoms with Gasteiger partial charge in [0.1, 0.15) is 0 Å². The molecular formula is C13H17N3O3. The summed E-state index contributed by atoms with van der Waals surface area (Å²) in [5.74, 6) is -0.0580. The highest BCUT2D eigenvalue weighted by molar-refractivity contribution is 6.05. The molecule has 0 unspecified atom stereocenters. The normalized spacial score (nSPS) is 11.3. The van der Waals surface area contributed by atoms with E-state index in [1.54, 1.807) is 20.0 Å². The molecule has 0 bridgehead atoms. The lowest BCUT2D eigenvalue weighted by molar-refractivity contribution is -0.0755. The van der Waals surface area contributed by atoms with Crippen LogP contribution in [0.25, 0.3) is 11.1 Å². The molecule has 19 heavy (non-hydrogen) atoms. The van der Waals surface area contributed by atoms with Crippen LogP contribution < -0.4 is 0 Å². The minimum Gasteiger partial charge on any atom is -0.336 e.